The van der Waals surface area contributed by atoms with Crippen LogP contribution in [-0.2, 0) is 32.1 Å². The van der Waals surface area contributed by atoms with Crippen LogP contribution in [0.5, 0.6) is 57.5 Å². The first-order valence-corrected chi connectivity index (χ1v) is 38.7. The summed E-state index contributed by atoms with van der Waals surface area (Å²) in [6.45, 7) is 20.6. The van der Waals surface area contributed by atoms with Gasteiger partial charge in [-0.05, 0) is 196 Å². The van der Waals surface area contributed by atoms with E-state index in [4.69, 9.17) is 23.7 Å². The Hall–Kier alpha value is -15.5. The van der Waals surface area contributed by atoms with E-state index in [1.54, 1.807) is 167 Å². The summed E-state index contributed by atoms with van der Waals surface area (Å²) in [7, 11) is 0. The SMILES string of the molecule is Cc1cc(Oc2cccnc2)cc(C(=O)Cc2cc(F)ccn2)n1.Cc1ccc(CC(=O)c2cc(Oc3ccc(C)nc3)cc(C)n2)nc1.Cc1ccc(CC(=O)c2cc(Oc3ccc(C)nc3)cc(C)n2)nc1.Cc1ccc(CC(=O)c2cc(Oc3cccnc3)cc(C)n2)nc1.Cc1ccc(Oc2cc(C)nc(C(=O)Cc3cc(F)ccn3)c2)cn1. The molecule has 0 amide bonds. The number of ether oxygens (including phenoxy) is 5. The van der Waals surface area contributed by atoms with Crippen LogP contribution in [0.1, 0.15) is 143 Å². The van der Waals surface area contributed by atoms with E-state index < -0.39 is 11.6 Å². The van der Waals surface area contributed by atoms with Gasteiger partial charge in [0.15, 0.2) is 28.9 Å². The van der Waals surface area contributed by atoms with Crippen molar-refractivity contribution in [1.29, 1.82) is 0 Å². The molecular weight excluding hydrogens is 1560 g/mol. The molecule has 0 aromatic carbocycles. The topological polar surface area (TPSA) is 325 Å². The third-order valence-corrected chi connectivity index (χ3v) is 17.3. The van der Waals surface area contributed by atoms with E-state index >= 15 is 0 Å². The zero-order valence-electron chi connectivity index (χ0n) is 69.3. The van der Waals surface area contributed by atoms with Gasteiger partial charge in [0.25, 0.3) is 0 Å². The van der Waals surface area contributed by atoms with Crippen LogP contribution in [0.2, 0.25) is 0 Å². The molecule has 0 spiro atoms. The second-order valence-electron chi connectivity index (χ2n) is 28.4. The third kappa shape index (κ3) is 28.9. The molecule has 618 valence electrons. The highest BCUT2D eigenvalue weighted by Gasteiger charge is 2.20. The number of halogens is 2. The van der Waals surface area contributed by atoms with Crippen molar-refractivity contribution in [2.45, 2.75) is 108 Å². The van der Waals surface area contributed by atoms with Gasteiger partial charge < -0.3 is 23.7 Å². The van der Waals surface area contributed by atoms with E-state index in [1.165, 1.54) is 36.7 Å². The Labute approximate surface area is 709 Å². The van der Waals surface area contributed by atoms with Crippen molar-refractivity contribution in [1.82, 2.24) is 74.8 Å². The van der Waals surface area contributed by atoms with Crippen molar-refractivity contribution in [2.24, 2.45) is 0 Å². The minimum Gasteiger partial charge on any atom is -0.456 e. The molecule has 25 nitrogen and oxygen atoms in total. The van der Waals surface area contributed by atoms with Crippen molar-refractivity contribution in [3.8, 4) is 57.5 Å². The Kier molecular flexibility index (Phi) is 31.0. The molecule has 0 bridgehead atoms. The monoisotopic (exact) mass is 1650 g/mol. The number of Topliss-reactive ketones (excluding diaryl/α,β-unsaturated/α-hetero) is 5. The first kappa shape index (κ1) is 88.3. The molecule has 0 aliphatic heterocycles. The van der Waals surface area contributed by atoms with Crippen LogP contribution >= 0.6 is 0 Å². The maximum Gasteiger partial charge on any atom is 0.187 e. The molecule has 15 rings (SSSR count). The van der Waals surface area contributed by atoms with Gasteiger partial charge in [-0.15, -0.1) is 0 Å². The molecule has 123 heavy (non-hydrogen) atoms. The third-order valence-electron chi connectivity index (χ3n) is 17.3. The maximum atomic E-state index is 13.2. The number of hydrogen-bond acceptors (Lipinski definition) is 25. The fourth-order valence-electron chi connectivity index (χ4n) is 11.4. The lowest BCUT2D eigenvalue weighted by Crippen LogP contribution is -2.08. The summed E-state index contributed by atoms with van der Waals surface area (Å²) >= 11 is 0. The number of aromatic nitrogens is 15. The Morgan fingerprint density at radius 1 is 0.236 bits per heavy atom. The Morgan fingerprint density at radius 2 is 0.496 bits per heavy atom. The van der Waals surface area contributed by atoms with Crippen molar-refractivity contribution in [3.63, 3.8) is 0 Å². The van der Waals surface area contributed by atoms with Crippen molar-refractivity contribution >= 4 is 28.9 Å². The zero-order chi connectivity index (χ0) is 87.3. The molecule has 0 fully saturated rings. The normalized spacial score (nSPS) is 10.5. The minimum atomic E-state index is -0.425. The Morgan fingerprint density at radius 3 is 0.715 bits per heavy atom. The lowest BCUT2D eigenvalue weighted by atomic mass is 10.1. The van der Waals surface area contributed by atoms with Crippen LogP contribution in [0.3, 0.4) is 0 Å². The standard InChI is InChI=1S/2C20H19N3O2.C19H16FN3O2.C19H17N3O2.C18H14FN3O2/c2*1-13-4-6-16(22-11-13)9-20(24)19-10-18(8-15(3)23-19)25-17-7-5-14(2)21-12-17;1-12-3-4-16(11-22-12)25-17-7-13(2)23-18(10-17)19(24)9-15-8-14(20)5-6-21-15;1-13-5-6-15(21-11-13)9-19(23)18-10-17(8-14(2)22-18)24-16-4-3-7-20-12-16;1-12-7-16(24-15-3-2-5-20-11-15)10-17(22-12)18(23)9-14-8-13(19)4-6-21-14/h2*4-8,10-12H,9H2,1-3H3;3-8,10-11H,9H2,1-2H3;3-8,10-12H,9H2,1-2H3;2-8,10-11H,9H2,1H3. The molecule has 0 unspecified atom stereocenters. The maximum absolute atomic E-state index is 13.2. The number of hydrogen-bond donors (Lipinski definition) is 0. The van der Waals surface area contributed by atoms with E-state index in [0.717, 1.165) is 67.9 Å². The van der Waals surface area contributed by atoms with Gasteiger partial charge in [-0.2, -0.15) is 0 Å². The number of pyridine rings is 15. The largest absolute Gasteiger partial charge is 0.456 e. The molecule has 0 aliphatic rings. The molecule has 15 aromatic heterocycles. The van der Waals surface area contributed by atoms with Gasteiger partial charge in [0.05, 0.1) is 74.5 Å². The van der Waals surface area contributed by atoms with Gasteiger partial charge >= 0.3 is 0 Å². The number of ketones is 5. The molecule has 15 heterocycles. The number of aryl methyl sites for hydroxylation is 11. The van der Waals surface area contributed by atoms with Gasteiger partial charge in [-0.25, -0.2) is 33.7 Å². The molecule has 0 aliphatic carbocycles. The zero-order valence-corrected chi connectivity index (χ0v) is 69.3. The number of rotatable bonds is 25. The fraction of sp³-hybridized carbons (Fsp3) is 0.167. The van der Waals surface area contributed by atoms with Gasteiger partial charge in [0.1, 0.15) is 97.6 Å². The predicted molar refractivity (Wildman–Crippen MR) is 456 cm³/mol. The van der Waals surface area contributed by atoms with Crippen LogP contribution in [0.25, 0.3) is 0 Å². The summed E-state index contributed by atoms with van der Waals surface area (Å²) in [5.74, 6) is 4.04. The van der Waals surface area contributed by atoms with E-state index in [0.29, 0.717) is 97.4 Å². The second kappa shape index (κ2) is 43.2. The van der Waals surface area contributed by atoms with Gasteiger partial charge in [0, 0.05) is 167 Å². The molecule has 0 N–H and O–H groups in total. The summed E-state index contributed by atoms with van der Waals surface area (Å²) in [5, 5.41) is 0. The summed E-state index contributed by atoms with van der Waals surface area (Å²) in [6.07, 6.45) is 19.9. The number of nitrogens with zero attached hydrogens (tertiary/aromatic N) is 15. The summed E-state index contributed by atoms with van der Waals surface area (Å²) in [5.41, 5.74) is 13.9. The van der Waals surface area contributed by atoms with E-state index in [2.05, 4.69) is 74.8 Å². The average molecular weight is 1650 g/mol. The van der Waals surface area contributed by atoms with Crippen molar-refractivity contribution in [3.05, 3.63) is 387 Å². The fourth-order valence-corrected chi connectivity index (χ4v) is 11.4. The first-order chi connectivity index (χ1) is 59.2. The van der Waals surface area contributed by atoms with E-state index in [9.17, 15) is 32.8 Å². The second-order valence-corrected chi connectivity index (χ2v) is 28.4. The van der Waals surface area contributed by atoms with Crippen molar-refractivity contribution in [2.75, 3.05) is 0 Å². The minimum absolute atomic E-state index is 0.0272. The predicted octanol–water partition coefficient (Wildman–Crippen LogP) is 19.1. The van der Waals surface area contributed by atoms with E-state index in [1.807, 2.05) is 129 Å². The Balaban J connectivity index is 0.000000150. The summed E-state index contributed by atoms with van der Waals surface area (Å²) < 4.78 is 55.2. The Bertz CT molecular complexity index is 5990. The molecule has 0 saturated carbocycles. The van der Waals surface area contributed by atoms with Crippen LogP contribution in [0, 0.1) is 87.8 Å². The average Bonchev–Trinajstić information content (AvgIpc) is 0.856. The van der Waals surface area contributed by atoms with Crippen LogP contribution < -0.4 is 23.7 Å². The van der Waals surface area contributed by atoms with E-state index in [-0.39, 0.29) is 72.4 Å². The summed E-state index contributed by atoms with van der Waals surface area (Å²) in [4.78, 5) is 125. The molecule has 0 saturated heterocycles. The van der Waals surface area contributed by atoms with Crippen molar-refractivity contribution < 1.29 is 56.4 Å². The lowest BCUT2D eigenvalue weighted by Gasteiger charge is -2.08. The number of carbonyl (C=O) groups is 5. The molecule has 0 atom stereocenters. The number of carbonyl (C=O) groups excluding carboxylic acids is 5. The lowest BCUT2D eigenvalue weighted by molar-refractivity contribution is 0.0978. The van der Waals surface area contributed by atoms with Crippen LogP contribution in [-0.4, -0.2) is 104 Å². The van der Waals surface area contributed by atoms with Crippen LogP contribution in [0.4, 0.5) is 8.78 Å². The van der Waals surface area contributed by atoms with Gasteiger partial charge in [0.2, 0.25) is 0 Å². The summed E-state index contributed by atoms with van der Waals surface area (Å²) in [6, 6.07) is 51.5. The quantitative estimate of drug-likeness (QED) is 0.0480. The van der Waals surface area contributed by atoms with Gasteiger partial charge in [-0.1, -0.05) is 18.2 Å². The molecule has 15 aromatic rings. The highest BCUT2D eigenvalue weighted by Crippen LogP contribution is 2.29. The highest BCUT2D eigenvalue weighted by molar-refractivity contribution is 5.98. The molecule has 27 heteroatoms. The van der Waals surface area contributed by atoms with Crippen LogP contribution in [0.15, 0.2) is 256 Å². The van der Waals surface area contributed by atoms with Gasteiger partial charge in [-0.3, -0.25) is 73.8 Å². The first-order valence-electron chi connectivity index (χ1n) is 38.7. The highest BCUT2D eigenvalue weighted by atomic mass is 19.1. The smallest absolute Gasteiger partial charge is 0.187 e. The molecule has 0 radical (unpaired) electrons. The molecular formula is C96H85F2N15O10.